The SMILES string of the molecule is CCNc1ccc(C(=O)Nc2ccc(Cl)cc2F)cc1. The summed E-state index contributed by atoms with van der Waals surface area (Å²) in [6.45, 7) is 2.80. The van der Waals surface area contributed by atoms with Crippen molar-refractivity contribution in [1.29, 1.82) is 0 Å². The lowest BCUT2D eigenvalue weighted by Crippen LogP contribution is -2.13. The number of carbonyl (C=O) groups is 1. The molecule has 2 aromatic rings. The molecule has 0 aliphatic heterocycles. The zero-order valence-corrected chi connectivity index (χ0v) is 11.7. The number of nitrogens with one attached hydrogen (secondary N) is 2. The lowest BCUT2D eigenvalue weighted by atomic mass is 10.2. The highest BCUT2D eigenvalue weighted by Crippen LogP contribution is 2.20. The summed E-state index contributed by atoms with van der Waals surface area (Å²) in [5.41, 5.74) is 1.50. The number of benzene rings is 2. The summed E-state index contributed by atoms with van der Waals surface area (Å²) in [6, 6.07) is 11.1. The van der Waals surface area contributed by atoms with Gasteiger partial charge >= 0.3 is 0 Å². The van der Waals surface area contributed by atoms with Gasteiger partial charge in [-0.25, -0.2) is 4.39 Å². The molecule has 0 aromatic heterocycles. The Labute approximate surface area is 121 Å². The van der Waals surface area contributed by atoms with Crippen LogP contribution in [0.3, 0.4) is 0 Å². The highest BCUT2D eigenvalue weighted by Gasteiger charge is 2.09. The molecule has 0 saturated heterocycles. The first-order chi connectivity index (χ1) is 9.60. The van der Waals surface area contributed by atoms with Crippen molar-refractivity contribution in [2.24, 2.45) is 0 Å². The first-order valence-corrected chi connectivity index (χ1v) is 6.58. The fourth-order valence-corrected chi connectivity index (χ4v) is 1.89. The summed E-state index contributed by atoms with van der Waals surface area (Å²) in [5.74, 6) is -0.926. The topological polar surface area (TPSA) is 41.1 Å². The molecule has 2 N–H and O–H groups in total. The molecule has 2 aromatic carbocycles. The Morgan fingerprint density at radius 2 is 1.90 bits per heavy atom. The number of hydrogen-bond donors (Lipinski definition) is 2. The van der Waals surface area contributed by atoms with Crippen LogP contribution in [-0.2, 0) is 0 Å². The van der Waals surface area contributed by atoms with Crippen molar-refractivity contribution in [3.05, 3.63) is 58.9 Å². The standard InChI is InChI=1S/C15H14ClFN2O/c1-2-18-12-6-3-10(4-7-12)15(20)19-14-8-5-11(16)9-13(14)17/h3-9,18H,2H2,1H3,(H,19,20). The number of hydrogen-bond acceptors (Lipinski definition) is 2. The van der Waals surface area contributed by atoms with Gasteiger partial charge in [-0.1, -0.05) is 11.6 Å². The van der Waals surface area contributed by atoms with Crippen LogP contribution in [0.2, 0.25) is 5.02 Å². The van der Waals surface area contributed by atoms with Crippen LogP contribution >= 0.6 is 11.6 Å². The van der Waals surface area contributed by atoms with Crippen molar-refractivity contribution in [2.75, 3.05) is 17.2 Å². The Morgan fingerprint density at radius 1 is 1.20 bits per heavy atom. The van der Waals surface area contributed by atoms with Crippen LogP contribution in [0.15, 0.2) is 42.5 Å². The van der Waals surface area contributed by atoms with E-state index < -0.39 is 5.82 Å². The average molecular weight is 293 g/mol. The van der Waals surface area contributed by atoms with E-state index >= 15 is 0 Å². The molecule has 3 nitrogen and oxygen atoms in total. The van der Waals surface area contributed by atoms with E-state index in [0.717, 1.165) is 18.3 Å². The molecular weight excluding hydrogens is 279 g/mol. The Balaban J connectivity index is 2.11. The molecular formula is C15H14ClFN2O. The molecule has 0 heterocycles. The van der Waals surface area contributed by atoms with E-state index in [1.165, 1.54) is 12.1 Å². The van der Waals surface area contributed by atoms with Gasteiger partial charge in [-0.15, -0.1) is 0 Å². The van der Waals surface area contributed by atoms with Crippen LogP contribution in [0.4, 0.5) is 15.8 Å². The molecule has 104 valence electrons. The van der Waals surface area contributed by atoms with Gasteiger partial charge in [0.05, 0.1) is 5.69 Å². The molecule has 0 spiro atoms. The second-order valence-corrected chi connectivity index (χ2v) is 4.62. The molecule has 0 radical (unpaired) electrons. The lowest BCUT2D eigenvalue weighted by molar-refractivity contribution is 0.102. The third-order valence-electron chi connectivity index (χ3n) is 2.71. The molecule has 1 amide bonds. The van der Waals surface area contributed by atoms with Gasteiger partial charge in [0, 0.05) is 22.8 Å². The monoisotopic (exact) mass is 292 g/mol. The highest BCUT2D eigenvalue weighted by atomic mass is 35.5. The third-order valence-corrected chi connectivity index (χ3v) is 2.94. The number of rotatable bonds is 4. The fourth-order valence-electron chi connectivity index (χ4n) is 1.73. The third kappa shape index (κ3) is 3.48. The molecule has 20 heavy (non-hydrogen) atoms. The number of amides is 1. The predicted octanol–water partition coefficient (Wildman–Crippen LogP) is 4.16. The summed E-state index contributed by atoms with van der Waals surface area (Å²) in [6.07, 6.45) is 0. The van der Waals surface area contributed by atoms with E-state index in [-0.39, 0.29) is 16.6 Å². The Bertz CT molecular complexity index is 614. The molecule has 0 bridgehead atoms. The maximum atomic E-state index is 13.6. The summed E-state index contributed by atoms with van der Waals surface area (Å²) < 4.78 is 13.6. The number of halogens is 2. The predicted molar refractivity (Wildman–Crippen MR) is 80.0 cm³/mol. The minimum atomic E-state index is -0.560. The summed E-state index contributed by atoms with van der Waals surface area (Å²) in [4.78, 5) is 12.0. The van der Waals surface area contributed by atoms with Crippen molar-refractivity contribution in [3.8, 4) is 0 Å². The van der Waals surface area contributed by atoms with Crippen LogP contribution in [0.5, 0.6) is 0 Å². The van der Waals surface area contributed by atoms with Crippen LogP contribution in [0.25, 0.3) is 0 Å². The van der Waals surface area contributed by atoms with Crippen molar-refractivity contribution in [2.45, 2.75) is 6.92 Å². The van der Waals surface area contributed by atoms with Gasteiger partial charge in [0.1, 0.15) is 5.82 Å². The average Bonchev–Trinajstić information content (AvgIpc) is 2.43. The van der Waals surface area contributed by atoms with Crippen molar-refractivity contribution >= 4 is 28.9 Å². The zero-order valence-electron chi connectivity index (χ0n) is 10.9. The second-order valence-electron chi connectivity index (χ2n) is 4.19. The zero-order chi connectivity index (χ0) is 14.5. The van der Waals surface area contributed by atoms with Crippen LogP contribution < -0.4 is 10.6 Å². The highest BCUT2D eigenvalue weighted by molar-refractivity contribution is 6.30. The van der Waals surface area contributed by atoms with Gasteiger partial charge < -0.3 is 10.6 Å². The van der Waals surface area contributed by atoms with Gasteiger partial charge in [0.2, 0.25) is 0 Å². The molecule has 0 aliphatic carbocycles. The van der Waals surface area contributed by atoms with Gasteiger partial charge in [0.15, 0.2) is 0 Å². The number of carbonyl (C=O) groups excluding carboxylic acids is 1. The second kappa shape index (κ2) is 6.39. The first kappa shape index (κ1) is 14.3. The van der Waals surface area contributed by atoms with E-state index in [2.05, 4.69) is 10.6 Å². The molecule has 0 unspecified atom stereocenters. The van der Waals surface area contributed by atoms with E-state index in [9.17, 15) is 9.18 Å². The fraction of sp³-hybridized carbons (Fsp3) is 0.133. The summed E-state index contributed by atoms with van der Waals surface area (Å²) in [7, 11) is 0. The molecule has 0 aliphatic rings. The minimum Gasteiger partial charge on any atom is -0.385 e. The van der Waals surface area contributed by atoms with Gasteiger partial charge in [-0.3, -0.25) is 4.79 Å². The molecule has 0 saturated carbocycles. The Kier molecular flexibility index (Phi) is 4.58. The summed E-state index contributed by atoms with van der Waals surface area (Å²) >= 11 is 5.66. The molecule has 0 atom stereocenters. The van der Waals surface area contributed by atoms with E-state index in [0.29, 0.717) is 5.56 Å². The van der Waals surface area contributed by atoms with Crippen LogP contribution in [0.1, 0.15) is 17.3 Å². The van der Waals surface area contributed by atoms with E-state index in [1.807, 2.05) is 6.92 Å². The van der Waals surface area contributed by atoms with Crippen molar-refractivity contribution in [1.82, 2.24) is 0 Å². The van der Waals surface area contributed by atoms with Crippen molar-refractivity contribution < 1.29 is 9.18 Å². The maximum Gasteiger partial charge on any atom is 0.255 e. The number of anilines is 2. The maximum absolute atomic E-state index is 13.6. The van der Waals surface area contributed by atoms with Crippen LogP contribution in [0, 0.1) is 5.82 Å². The van der Waals surface area contributed by atoms with Gasteiger partial charge in [-0.05, 0) is 49.4 Å². The van der Waals surface area contributed by atoms with Crippen LogP contribution in [-0.4, -0.2) is 12.5 Å². The normalized spacial score (nSPS) is 10.2. The summed E-state index contributed by atoms with van der Waals surface area (Å²) in [5, 5.41) is 5.93. The van der Waals surface area contributed by atoms with E-state index in [1.54, 1.807) is 24.3 Å². The quantitative estimate of drug-likeness (QED) is 0.888. The van der Waals surface area contributed by atoms with Gasteiger partial charge in [0.25, 0.3) is 5.91 Å². The van der Waals surface area contributed by atoms with Gasteiger partial charge in [-0.2, -0.15) is 0 Å². The lowest BCUT2D eigenvalue weighted by Gasteiger charge is -2.08. The molecule has 5 heteroatoms. The van der Waals surface area contributed by atoms with Crippen molar-refractivity contribution in [3.63, 3.8) is 0 Å². The Hall–Kier alpha value is -2.07. The molecule has 0 fully saturated rings. The van der Waals surface area contributed by atoms with E-state index in [4.69, 9.17) is 11.6 Å². The Morgan fingerprint density at radius 3 is 2.50 bits per heavy atom. The smallest absolute Gasteiger partial charge is 0.255 e. The largest absolute Gasteiger partial charge is 0.385 e. The molecule has 2 rings (SSSR count). The first-order valence-electron chi connectivity index (χ1n) is 6.20. The minimum absolute atomic E-state index is 0.107.